The highest BCUT2D eigenvalue weighted by atomic mass is 35.5. The molecule has 1 rings (SSSR count). The summed E-state index contributed by atoms with van der Waals surface area (Å²) in [6.45, 7) is 0. The molecule has 0 atom stereocenters. The lowest BCUT2D eigenvalue weighted by Crippen LogP contribution is -2.16. The molecule has 0 spiro atoms. The minimum absolute atomic E-state index is 0.0214. The minimum Gasteiger partial charge on any atom is -0.298 e. The number of sulfone groups is 1. The van der Waals surface area contributed by atoms with Gasteiger partial charge in [-0.3, -0.25) is 4.79 Å². The summed E-state index contributed by atoms with van der Waals surface area (Å²) in [4.78, 5) is 11.4. The van der Waals surface area contributed by atoms with E-state index in [9.17, 15) is 13.2 Å². The van der Waals surface area contributed by atoms with Crippen molar-refractivity contribution in [1.29, 1.82) is 0 Å². The molecule has 0 aliphatic carbocycles. The largest absolute Gasteiger partial charge is 0.298 e. The molecule has 3 nitrogen and oxygen atoms in total. The van der Waals surface area contributed by atoms with Crippen molar-refractivity contribution in [2.45, 2.75) is 6.42 Å². The van der Waals surface area contributed by atoms with Crippen LogP contribution in [0.4, 0.5) is 0 Å². The van der Waals surface area contributed by atoms with Crippen molar-refractivity contribution in [1.82, 2.24) is 0 Å². The third-order valence-electron chi connectivity index (χ3n) is 1.84. The van der Waals surface area contributed by atoms with Crippen LogP contribution >= 0.6 is 23.2 Å². The highest BCUT2D eigenvalue weighted by Gasteiger charge is 2.14. The van der Waals surface area contributed by atoms with Gasteiger partial charge in [-0.25, -0.2) is 8.42 Å². The molecule has 0 fully saturated rings. The molecule has 0 N–H and O–H groups in total. The Kier molecular flexibility index (Phi) is 4.35. The van der Waals surface area contributed by atoms with Crippen molar-refractivity contribution in [3.05, 3.63) is 33.8 Å². The third-order valence-corrected chi connectivity index (χ3v) is 3.55. The Bertz CT molecular complexity index is 509. The van der Waals surface area contributed by atoms with E-state index in [1.807, 2.05) is 0 Å². The molecular weight excluding hydrogens is 271 g/mol. The number of hydrogen-bond donors (Lipinski definition) is 0. The predicted molar refractivity (Wildman–Crippen MR) is 64.9 cm³/mol. The van der Waals surface area contributed by atoms with Gasteiger partial charge >= 0.3 is 0 Å². The number of halogens is 2. The number of rotatable bonds is 4. The van der Waals surface area contributed by atoms with E-state index >= 15 is 0 Å². The lowest BCUT2D eigenvalue weighted by atomic mass is 10.1. The van der Waals surface area contributed by atoms with Gasteiger partial charge in [0.15, 0.2) is 15.6 Å². The highest BCUT2D eigenvalue weighted by molar-refractivity contribution is 7.91. The molecule has 0 aromatic heterocycles. The van der Waals surface area contributed by atoms with Gasteiger partial charge in [-0.1, -0.05) is 35.3 Å². The van der Waals surface area contributed by atoms with E-state index < -0.39 is 21.4 Å². The first-order chi connectivity index (χ1) is 7.29. The van der Waals surface area contributed by atoms with Gasteiger partial charge in [0.2, 0.25) is 0 Å². The maximum Gasteiger partial charge on any atom is 0.154 e. The van der Waals surface area contributed by atoms with E-state index in [0.29, 0.717) is 15.6 Å². The standard InChI is InChI=1S/C10H10Cl2O3S/c1-16(14,15)6-8(13)5-7-3-2-4-9(11)10(7)12/h2-4H,5-6H2,1H3. The molecule has 0 saturated heterocycles. The molecule has 0 unspecified atom stereocenters. The maximum atomic E-state index is 11.4. The summed E-state index contributed by atoms with van der Waals surface area (Å²) in [7, 11) is -3.29. The summed E-state index contributed by atoms with van der Waals surface area (Å²) >= 11 is 11.6. The topological polar surface area (TPSA) is 51.2 Å². The molecule has 6 heteroatoms. The Hall–Kier alpha value is -0.580. The molecule has 88 valence electrons. The second kappa shape index (κ2) is 5.17. The van der Waals surface area contributed by atoms with Crippen LogP contribution in [0.3, 0.4) is 0 Å². The Morgan fingerprint density at radius 2 is 1.94 bits per heavy atom. The van der Waals surface area contributed by atoms with Gasteiger partial charge in [0.25, 0.3) is 0 Å². The van der Waals surface area contributed by atoms with Crippen molar-refractivity contribution >= 4 is 38.8 Å². The normalized spacial score (nSPS) is 11.4. The molecule has 0 aliphatic heterocycles. The molecule has 0 aliphatic rings. The van der Waals surface area contributed by atoms with Crippen LogP contribution in [0.1, 0.15) is 5.56 Å². The van der Waals surface area contributed by atoms with Gasteiger partial charge in [-0.2, -0.15) is 0 Å². The van der Waals surface area contributed by atoms with Crippen LogP contribution in [0.15, 0.2) is 18.2 Å². The lowest BCUT2D eigenvalue weighted by molar-refractivity contribution is -0.116. The first kappa shape index (κ1) is 13.5. The van der Waals surface area contributed by atoms with Crippen molar-refractivity contribution in [3.63, 3.8) is 0 Å². The van der Waals surface area contributed by atoms with Crippen LogP contribution in [-0.2, 0) is 21.1 Å². The molecule has 0 heterocycles. The van der Waals surface area contributed by atoms with Gasteiger partial charge in [0, 0.05) is 12.7 Å². The third kappa shape index (κ3) is 4.12. The summed E-state index contributed by atoms with van der Waals surface area (Å²) in [5.74, 6) is -0.873. The van der Waals surface area contributed by atoms with Crippen LogP contribution in [-0.4, -0.2) is 26.2 Å². The predicted octanol–water partition coefficient (Wildman–Crippen LogP) is 2.15. The Balaban J connectivity index is 2.82. The first-order valence-electron chi connectivity index (χ1n) is 4.42. The monoisotopic (exact) mass is 280 g/mol. The van der Waals surface area contributed by atoms with Crippen molar-refractivity contribution in [3.8, 4) is 0 Å². The number of Topliss-reactive ketones (excluding diaryl/α,β-unsaturated/α-hetero) is 1. The molecule has 0 saturated carbocycles. The lowest BCUT2D eigenvalue weighted by Gasteiger charge is -2.04. The van der Waals surface area contributed by atoms with Crippen LogP contribution in [0, 0.1) is 0 Å². The van der Waals surface area contributed by atoms with Gasteiger partial charge in [0.1, 0.15) is 5.75 Å². The van der Waals surface area contributed by atoms with Gasteiger partial charge in [-0.05, 0) is 11.6 Å². The smallest absolute Gasteiger partial charge is 0.154 e. The fourth-order valence-corrected chi connectivity index (χ4v) is 2.31. The van der Waals surface area contributed by atoms with E-state index in [0.717, 1.165) is 6.26 Å². The number of carbonyl (C=O) groups is 1. The average molecular weight is 281 g/mol. The van der Waals surface area contributed by atoms with E-state index in [2.05, 4.69) is 0 Å². The zero-order valence-electron chi connectivity index (χ0n) is 8.54. The summed E-state index contributed by atoms with van der Waals surface area (Å²) < 4.78 is 21.8. The molecule has 0 amide bonds. The molecule has 0 radical (unpaired) electrons. The maximum absolute atomic E-state index is 11.4. The Labute approximate surface area is 104 Å². The highest BCUT2D eigenvalue weighted by Crippen LogP contribution is 2.25. The molecule has 1 aromatic carbocycles. The van der Waals surface area contributed by atoms with E-state index in [-0.39, 0.29) is 6.42 Å². The van der Waals surface area contributed by atoms with Crippen molar-refractivity contribution < 1.29 is 13.2 Å². The fourth-order valence-electron chi connectivity index (χ4n) is 1.24. The zero-order chi connectivity index (χ0) is 12.3. The van der Waals surface area contributed by atoms with Gasteiger partial charge in [0.05, 0.1) is 10.0 Å². The number of ketones is 1. The molecular formula is C10H10Cl2O3S. The quantitative estimate of drug-likeness (QED) is 0.849. The second-order valence-corrected chi connectivity index (χ2v) is 6.42. The van der Waals surface area contributed by atoms with Gasteiger partial charge in [-0.15, -0.1) is 0 Å². The fraction of sp³-hybridized carbons (Fsp3) is 0.300. The summed E-state index contributed by atoms with van der Waals surface area (Å²) in [6, 6.07) is 4.92. The SMILES string of the molecule is CS(=O)(=O)CC(=O)Cc1cccc(Cl)c1Cl. The molecule has 16 heavy (non-hydrogen) atoms. The number of hydrogen-bond acceptors (Lipinski definition) is 3. The second-order valence-electron chi connectivity index (χ2n) is 3.50. The van der Waals surface area contributed by atoms with Crippen molar-refractivity contribution in [2.24, 2.45) is 0 Å². The average Bonchev–Trinajstić information content (AvgIpc) is 2.09. The number of benzene rings is 1. The first-order valence-corrected chi connectivity index (χ1v) is 7.23. The summed E-state index contributed by atoms with van der Waals surface area (Å²) in [5.41, 5.74) is 0.544. The minimum atomic E-state index is -3.29. The van der Waals surface area contributed by atoms with E-state index in [4.69, 9.17) is 23.2 Å². The summed E-state index contributed by atoms with van der Waals surface area (Å²) in [6.07, 6.45) is 0.997. The number of carbonyl (C=O) groups excluding carboxylic acids is 1. The van der Waals surface area contributed by atoms with Crippen LogP contribution in [0.25, 0.3) is 0 Å². The molecule has 0 bridgehead atoms. The van der Waals surface area contributed by atoms with Gasteiger partial charge < -0.3 is 0 Å². The van der Waals surface area contributed by atoms with Crippen LogP contribution in [0.2, 0.25) is 10.0 Å². The zero-order valence-corrected chi connectivity index (χ0v) is 10.9. The Morgan fingerprint density at radius 1 is 1.31 bits per heavy atom. The van der Waals surface area contributed by atoms with E-state index in [1.54, 1.807) is 18.2 Å². The van der Waals surface area contributed by atoms with E-state index in [1.165, 1.54) is 0 Å². The van der Waals surface area contributed by atoms with Crippen molar-refractivity contribution in [2.75, 3.05) is 12.0 Å². The molecule has 1 aromatic rings. The van der Waals surface area contributed by atoms with Crippen LogP contribution < -0.4 is 0 Å². The van der Waals surface area contributed by atoms with Crippen LogP contribution in [0.5, 0.6) is 0 Å². The Morgan fingerprint density at radius 3 is 2.50 bits per heavy atom. The summed E-state index contributed by atoms with van der Waals surface area (Å²) in [5, 5.41) is 0.650.